The Morgan fingerprint density at radius 1 is 1.22 bits per heavy atom. The molecule has 1 atom stereocenters. The Labute approximate surface area is 159 Å². The quantitative estimate of drug-likeness (QED) is 0.662. The fourth-order valence-corrected chi connectivity index (χ4v) is 3.05. The molecule has 7 nitrogen and oxygen atoms in total. The van der Waals surface area contributed by atoms with Crippen molar-refractivity contribution in [3.8, 4) is 0 Å². The van der Waals surface area contributed by atoms with Crippen LogP contribution in [0.2, 0.25) is 0 Å². The van der Waals surface area contributed by atoms with Crippen molar-refractivity contribution in [2.75, 3.05) is 13.1 Å². The summed E-state index contributed by atoms with van der Waals surface area (Å²) in [6.07, 6.45) is 7.77. The van der Waals surface area contributed by atoms with Crippen molar-refractivity contribution in [2.45, 2.75) is 39.8 Å². The zero-order valence-corrected chi connectivity index (χ0v) is 16.1. The lowest BCUT2D eigenvalue weighted by atomic mass is 10.1. The smallest absolute Gasteiger partial charge is 0.256 e. The standard InChI is InChI=1S/C20H26N6O/c1-4-25(5-2)13-16-11-22-19-18(12-23-26(19)14-16)20(27)24-15(3)10-17-8-6-7-9-21-17/h6-9,11-12,14-15H,4-5,10,13H2,1-3H3,(H,24,27)/t15-/m1/s1. The summed E-state index contributed by atoms with van der Waals surface area (Å²) < 4.78 is 1.68. The first-order valence-corrected chi connectivity index (χ1v) is 9.36. The molecule has 3 rings (SSSR count). The minimum absolute atomic E-state index is 0.0377. The maximum Gasteiger partial charge on any atom is 0.256 e. The Morgan fingerprint density at radius 2 is 2.04 bits per heavy atom. The molecule has 0 aliphatic rings. The molecule has 142 valence electrons. The second-order valence-corrected chi connectivity index (χ2v) is 6.65. The number of aromatic nitrogens is 4. The summed E-state index contributed by atoms with van der Waals surface area (Å²) in [4.78, 5) is 23.7. The number of hydrogen-bond acceptors (Lipinski definition) is 5. The van der Waals surface area contributed by atoms with Crippen LogP contribution in [0, 0.1) is 0 Å². The normalized spacial score (nSPS) is 12.4. The molecule has 0 aliphatic heterocycles. The van der Waals surface area contributed by atoms with Gasteiger partial charge in [0, 0.05) is 48.9 Å². The molecule has 27 heavy (non-hydrogen) atoms. The van der Waals surface area contributed by atoms with Crippen LogP contribution in [0.3, 0.4) is 0 Å². The molecule has 0 aromatic carbocycles. The highest BCUT2D eigenvalue weighted by Gasteiger charge is 2.17. The number of hydrogen-bond donors (Lipinski definition) is 1. The first-order valence-electron chi connectivity index (χ1n) is 9.36. The van der Waals surface area contributed by atoms with Gasteiger partial charge in [0.15, 0.2) is 5.65 Å². The summed E-state index contributed by atoms with van der Waals surface area (Å²) in [6, 6.07) is 5.74. The molecule has 0 spiro atoms. The van der Waals surface area contributed by atoms with Crippen LogP contribution >= 0.6 is 0 Å². The largest absolute Gasteiger partial charge is 0.349 e. The highest BCUT2D eigenvalue weighted by molar-refractivity contribution is 5.99. The van der Waals surface area contributed by atoms with Gasteiger partial charge in [-0.15, -0.1) is 0 Å². The summed E-state index contributed by atoms with van der Waals surface area (Å²) in [5.74, 6) is -0.169. The average molecular weight is 366 g/mol. The van der Waals surface area contributed by atoms with E-state index >= 15 is 0 Å². The van der Waals surface area contributed by atoms with Gasteiger partial charge >= 0.3 is 0 Å². The third kappa shape index (κ3) is 4.68. The Bertz CT molecular complexity index is 888. The molecule has 3 heterocycles. The van der Waals surface area contributed by atoms with Gasteiger partial charge in [0.1, 0.15) is 5.56 Å². The minimum Gasteiger partial charge on any atom is -0.349 e. The van der Waals surface area contributed by atoms with E-state index in [0.717, 1.165) is 30.9 Å². The van der Waals surface area contributed by atoms with Crippen LogP contribution in [0.15, 0.2) is 43.0 Å². The Morgan fingerprint density at radius 3 is 2.74 bits per heavy atom. The second-order valence-electron chi connectivity index (χ2n) is 6.65. The maximum absolute atomic E-state index is 12.6. The molecule has 0 aliphatic carbocycles. The first-order chi connectivity index (χ1) is 13.1. The van der Waals surface area contributed by atoms with Crippen molar-refractivity contribution < 1.29 is 4.79 Å². The molecule has 1 amide bonds. The van der Waals surface area contributed by atoms with E-state index in [1.54, 1.807) is 16.9 Å². The van der Waals surface area contributed by atoms with Crippen LogP contribution in [0.4, 0.5) is 0 Å². The van der Waals surface area contributed by atoms with Gasteiger partial charge in [-0.2, -0.15) is 5.10 Å². The molecule has 0 saturated carbocycles. The summed E-state index contributed by atoms with van der Waals surface area (Å²) in [5, 5.41) is 7.32. The summed E-state index contributed by atoms with van der Waals surface area (Å²) in [7, 11) is 0. The molecular weight excluding hydrogens is 340 g/mol. The van der Waals surface area contributed by atoms with Crippen molar-refractivity contribution in [1.29, 1.82) is 0 Å². The number of pyridine rings is 1. The second kappa shape index (κ2) is 8.73. The van der Waals surface area contributed by atoms with Crippen LogP contribution in [-0.4, -0.2) is 49.5 Å². The van der Waals surface area contributed by atoms with E-state index in [9.17, 15) is 4.79 Å². The topological polar surface area (TPSA) is 75.4 Å². The van der Waals surface area contributed by atoms with Crippen LogP contribution in [0.5, 0.6) is 0 Å². The summed E-state index contributed by atoms with van der Waals surface area (Å²) >= 11 is 0. The van der Waals surface area contributed by atoms with E-state index in [2.05, 4.69) is 39.1 Å². The van der Waals surface area contributed by atoms with Gasteiger partial charge in [-0.05, 0) is 32.1 Å². The van der Waals surface area contributed by atoms with Gasteiger partial charge < -0.3 is 5.32 Å². The van der Waals surface area contributed by atoms with Gasteiger partial charge in [-0.3, -0.25) is 14.7 Å². The number of nitrogens with one attached hydrogen (secondary N) is 1. The average Bonchev–Trinajstić information content (AvgIpc) is 3.10. The van der Waals surface area contributed by atoms with Gasteiger partial charge in [0.05, 0.1) is 6.20 Å². The van der Waals surface area contributed by atoms with Crippen molar-refractivity contribution in [3.05, 3.63) is 59.8 Å². The predicted molar refractivity (Wildman–Crippen MR) is 104 cm³/mol. The monoisotopic (exact) mass is 366 g/mol. The van der Waals surface area contributed by atoms with E-state index in [4.69, 9.17) is 0 Å². The number of amides is 1. The van der Waals surface area contributed by atoms with Crippen LogP contribution in [0.25, 0.3) is 5.65 Å². The van der Waals surface area contributed by atoms with E-state index in [1.165, 1.54) is 0 Å². The van der Waals surface area contributed by atoms with Crippen molar-refractivity contribution in [2.24, 2.45) is 0 Å². The molecule has 0 fully saturated rings. The summed E-state index contributed by atoms with van der Waals surface area (Å²) in [5.41, 5.74) is 3.08. The number of fused-ring (bicyclic) bond motifs is 1. The zero-order valence-electron chi connectivity index (χ0n) is 16.1. The molecular formula is C20H26N6O. The van der Waals surface area contributed by atoms with Crippen molar-refractivity contribution in [3.63, 3.8) is 0 Å². The number of carbonyl (C=O) groups is 1. The molecule has 1 N–H and O–H groups in total. The lowest BCUT2D eigenvalue weighted by Gasteiger charge is -2.17. The van der Waals surface area contributed by atoms with E-state index in [0.29, 0.717) is 17.6 Å². The van der Waals surface area contributed by atoms with Gasteiger partial charge in [-0.1, -0.05) is 19.9 Å². The Kier molecular flexibility index (Phi) is 6.13. The zero-order chi connectivity index (χ0) is 19.2. The SMILES string of the molecule is CCN(CC)Cc1cnc2c(C(=O)N[C@H](C)Cc3ccccn3)cnn2c1. The molecule has 0 radical (unpaired) electrons. The molecule has 3 aromatic heterocycles. The van der Waals surface area contributed by atoms with Gasteiger partial charge in [-0.25, -0.2) is 9.50 Å². The minimum atomic E-state index is -0.169. The number of rotatable bonds is 8. The van der Waals surface area contributed by atoms with Gasteiger partial charge in [0.2, 0.25) is 0 Å². The van der Waals surface area contributed by atoms with Crippen LogP contribution in [0.1, 0.15) is 42.4 Å². The van der Waals surface area contributed by atoms with Gasteiger partial charge in [0.25, 0.3) is 5.91 Å². The third-order valence-electron chi connectivity index (χ3n) is 4.57. The van der Waals surface area contributed by atoms with E-state index < -0.39 is 0 Å². The predicted octanol–water partition coefficient (Wildman–Crippen LogP) is 2.33. The lowest BCUT2D eigenvalue weighted by Crippen LogP contribution is -2.34. The third-order valence-corrected chi connectivity index (χ3v) is 4.57. The molecule has 0 bridgehead atoms. The highest BCUT2D eigenvalue weighted by atomic mass is 16.1. The Hall–Kier alpha value is -2.80. The maximum atomic E-state index is 12.6. The van der Waals surface area contributed by atoms with E-state index in [1.807, 2.05) is 37.5 Å². The molecule has 7 heteroatoms. The highest BCUT2D eigenvalue weighted by Crippen LogP contribution is 2.11. The first kappa shape index (κ1) is 19.0. The molecule has 0 unspecified atom stereocenters. The van der Waals surface area contributed by atoms with Crippen molar-refractivity contribution in [1.82, 2.24) is 29.8 Å². The number of nitrogens with zero attached hydrogens (tertiary/aromatic N) is 5. The fraction of sp³-hybridized carbons (Fsp3) is 0.400. The van der Waals surface area contributed by atoms with E-state index in [-0.39, 0.29) is 11.9 Å². The van der Waals surface area contributed by atoms with Crippen molar-refractivity contribution >= 4 is 11.6 Å². The molecule has 3 aromatic rings. The number of carbonyl (C=O) groups excluding carboxylic acids is 1. The lowest BCUT2D eigenvalue weighted by molar-refractivity contribution is 0.0941. The van der Waals surface area contributed by atoms with Crippen LogP contribution < -0.4 is 5.32 Å². The fourth-order valence-electron chi connectivity index (χ4n) is 3.05. The summed E-state index contributed by atoms with van der Waals surface area (Å²) in [6.45, 7) is 9.02. The molecule has 0 saturated heterocycles. The Balaban J connectivity index is 1.69. The van der Waals surface area contributed by atoms with Crippen LogP contribution in [-0.2, 0) is 13.0 Å².